The smallest absolute Gasteiger partial charge is 0.150 e. The van der Waals surface area contributed by atoms with Gasteiger partial charge in [0.05, 0.1) is 6.54 Å². The van der Waals surface area contributed by atoms with E-state index in [4.69, 9.17) is 0 Å². The highest BCUT2D eigenvalue weighted by Crippen LogP contribution is 2.27. The molecule has 0 heterocycles. The first-order chi connectivity index (χ1) is 8.56. The molecule has 1 N–H and O–H groups in total. The van der Waals surface area contributed by atoms with Crippen LogP contribution in [0.1, 0.15) is 35.1 Å². The largest absolute Gasteiger partial charge is 0.310 e. The maximum atomic E-state index is 11.9. The number of Topliss-reactive ketones (excluding diaryl/α,β-unsaturated/α-hetero) is 1. The van der Waals surface area contributed by atoms with Crippen LogP contribution in [-0.4, -0.2) is 18.9 Å². The van der Waals surface area contributed by atoms with E-state index < -0.39 is 0 Å². The Labute approximate surface area is 110 Å². The van der Waals surface area contributed by atoms with Crippen LogP contribution in [0.15, 0.2) is 12.1 Å². The molecule has 98 valence electrons. The number of benzene rings is 1. The van der Waals surface area contributed by atoms with Gasteiger partial charge in [-0.15, -0.1) is 0 Å². The summed E-state index contributed by atoms with van der Waals surface area (Å²) in [7, 11) is 0. The summed E-state index contributed by atoms with van der Waals surface area (Å²) in [4.78, 5) is 11.9. The van der Waals surface area contributed by atoms with Crippen molar-refractivity contribution < 1.29 is 4.79 Å². The summed E-state index contributed by atoms with van der Waals surface area (Å²) in [6, 6.07) is 4.32. The van der Waals surface area contributed by atoms with Gasteiger partial charge in [-0.2, -0.15) is 0 Å². The third kappa shape index (κ3) is 3.67. The van der Waals surface area contributed by atoms with E-state index in [2.05, 4.69) is 38.2 Å². The molecule has 1 saturated carbocycles. The van der Waals surface area contributed by atoms with Crippen LogP contribution in [0.25, 0.3) is 0 Å². The third-order valence-corrected chi connectivity index (χ3v) is 3.67. The predicted octanol–water partition coefficient (Wildman–Crippen LogP) is 2.72. The molecule has 0 aliphatic heterocycles. The van der Waals surface area contributed by atoms with E-state index in [-0.39, 0.29) is 0 Å². The summed E-state index contributed by atoms with van der Waals surface area (Å²) in [5.74, 6) is 1.13. The van der Waals surface area contributed by atoms with E-state index in [0.717, 1.165) is 12.5 Å². The van der Waals surface area contributed by atoms with E-state index in [1.54, 1.807) is 0 Å². The topological polar surface area (TPSA) is 29.1 Å². The standard InChI is InChI=1S/C16H23NO/c1-11-6-12(2)16(13(3)7-11)8-15(18)10-17-9-14-4-5-14/h6-7,14,17H,4-5,8-10H2,1-3H3. The molecule has 2 rings (SSSR count). The molecule has 1 aliphatic carbocycles. The number of rotatable bonds is 6. The monoisotopic (exact) mass is 245 g/mol. The fourth-order valence-corrected chi connectivity index (χ4v) is 2.49. The van der Waals surface area contributed by atoms with Crippen molar-refractivity contribution in [2.75, 3.05) is 13.1 Å². The molecule has 0 aromatic heterocycles. The van der Waals surface area contributed by atoms with Crippen molar-refractivity contribution in [3.05, 3.63) is 34.4 Å². The molecule has 1 aromatic carbocycles. The van der Waals surface area contributed by atoms with Crippen molar-refractivity contribution >= 4 is 5.78 Å². The first kappa shape index (κ1) is 13.3. The average molecular weight is 245 g/mol. The Balaban J connectivity index is 1.89. The van der Waals surface area contributed by atoms with Crippen LogP contribution in [0.5, 0.6) is 0 Å². The summed E-state index contributed by atoms with van der Waals surface area (Å²) >= 11 is 0. The third-order valence-electron chi connectivity index (χ3n) is 3.67. The first-order valence-corrected chi connectivity index (χ1v) is 6.85. The van der Waals surface area contributed by atoms with E-state index in [1.807, 2.05) is 0 Å². The molecule has 1 aliphatic rings. The number of aryl methyl sites for hydroxylation is 3. The van der Waals surface area contributed by atoms with Gasteiger partial charge >= 0.3 is 0 Å². The SMILES string of the molecule is Cc1cc(C)c(CC(=O)CNCC2CC2)c(C)c1. The van der Waals surface area contributed by atoms with Crippen molar-refractivity contribution in [2.45, 2.75) is 40.0 Å². The second-order valence-electron chi connectivity index (χ2n) is 5.67. The Bertz CT molecular complexity index is 423. The lowest BCUT2D eigenvalue weighted by atomic mass is 9.96. The molecular formula is C16H23NO. The molecule has 1 aromatic rings. The summed E-state index contributed by atoms with van der Waals surface area (Å²) in [5.41, 5.74) is 4.96. The Morgan fingerprint density at radius 1 is 1.22 bits per heavy atom. The Morgan fingerprint density at radius 2 is 1.83 bits per heavy atom. The molecule has 18 heavy (non-hydrogen) atoms. The molecule has 2 heteroatoms. The van der Waals surface area contributed by atoms with Crippen molar-refractivity contribution in [1.29, 1.82) is 0 Å². The maximum Gasteiger partial charge on any atom is 0.150 e. The van der Waals surface area contributed by atoms with Crippen LogP contribution >= 0.6 is 0 Å². The van der Waals surface area contributed by atoms with Crippen LogP contribution in [0, 0.1) is 26.7 Å². The zero-order chi connectivity index (χ0) is 13.1. The molecule has 0 atom stereocenters. The van der Waals surface area contributed by atoms with Crippen LogP contribution in [0.4, 0.5) is 0 Å². The minimum atomic E-state index is 0.297. The van der Waals surface area contributed by atoms with Gasteiger partial charge in [-0.3, -0.25) is 4.79 Å². The van der Waals surface area contributed by atoms with Crippen LogP contribution in [-0.2, 0) is 11.2 Å². The van der Waals surface area contributed by atoms with Crippen LogP contribution in [0.3, 0.4) is 0 Å². The fourth-order valence-electron chi connectivity index (χ4n) is 2.49. The summed E-state index contributed by atoms with van der Waals surface area (Å²) in [6.07, 6.45) is 3.23. The molecule has 0 bridgehead atoms. The molecule has 0 radical (unpaired) electrons. The normalized spacial score (nSPS) is 14.8. The van der Waals surface area contributed by atoms with E-state index in [1.165, 1.54) is 35.1 Å². The van der Waals surface area contributed by atoms with Crippen molar-refractivity contribution in [3.8, 4) is 0 Å². The Morgan fingerprint density at radius 3 is 2.39 bits per heavy atom. The van der Waals surface area contributed by atoms with Crippen molar-refractivity contribution in [2.24, 2.45) is 5.92 Å². The van der Waals surface area contributed by atoms with Gasteiger partial charge in [0.1, 0.15) is 0 Å². The summed E-state index contributed by atoms with van der Waals surface area (Å²) in [5, 5.41) is 3.27. The van der Waals surface area contributed by atoms with Crippen LogP contribution in [0.2, 0.25) is 0 Å². The number of nitrogens with one attached hydrogen (secondary N) is 1. The molecule has 2 nitrogen and oxygen atoms in total. The lowest BCUT2D eigenvalue weighted by Gasteiger charge is -2.11. The number of carbonyl (C=O) groups excluding carboxylic acids is 1. The highest BCUT2D eigenvalue weighted by Gasteiger charge is 2.20. The van der Waals surface area contributed by atoms with E-state index >= 15 is 0 Å². The van der Waals surface area contributed by atoms with Gasteiger partial charge in [-0.25, -0.2) is 0 Å². The minimum Gasteiger partial charge on any atom is -0.310 e. The molecule has 0 saturated heterocycles. The Hall–Kier alpha value is -1.15. The number of hydrogen-bond acceptors (Lipinski definition) is 2. The average Bonchev–Trinajstić information content (AvgIpc) is 3.07. The van der Waals surface area contributed by atoms with Crippen molar-refractivity contribution in [1.82, 2.24) is 5.32 Å². The molecule has 1 fully saturated rings. The molecule has 0 amide bonds. The second kappa shape index (κ2) is 5.66. The summed E-state index contributed by atoms with van der Waals surface area (Å²) < 4.78 is 0. The van der Waals surface area contributed by atoms with Gasteiger partial charge in [0.15, 0.2) is 5.78 Å². The maximum absolute atomic E-state index is 11.9. The highest BCUT2D eigenvalue weighted by atomic mass is 16.1. The van der Waals surface area contributed by atoms with Gasteiger partial charge in [-0.05, 0) is 62.8 Å². The zero-order valence-electron chi connectivity index (χ0n) is 11.7. The first-order valence-electron chi connectivity index (χ1n) is 6.85. The number of carbonyl (C=O) groups is 1. The van der Waals surface area contributed by atoms with Gasteiger partial charge in [-0.1, -0.05) is 17.7 Å². The predicted molar refractivity (Wildman–Crippen MR) is 75.0 cm³/mol. The number of ketones is 1. The lowest BCUT2D eigenvalue weighted by molar-refractivity contribution is -0.117. The second-order valence-corrected chi connectivity index (χ2v) is 5.67. The lowest BCUT2D eigenvalue weighted by Crippen LogP contribution is -2.26. The summed E-state index contributed by atoms with van der Waals surface area (Å²) in [6.45, 7) is 7.82. The van der Waals surface area contributed by atoms with Crippen molar-refractivity contribution in [3.63, 3.8) is 0 Å². The Kier molecular flexibility index (Phi) is 4.18. The molecule has 0 spiro atoms. The van der Waals surface area contributed by atoms with Gasteiger partial charge < -0.3 is 5.32 Å². The molecule has 0 unspecified atom stereocenters. The molecular weight excluding hydrogens is 222 g/mol. The zero-order valence-corrected chi connectivity index (χ0v) is 11.7. The highest BCUT2D eigenvalue weighted by molar-refractivity contribution is 5.83. The van der Waals surface area contributed by atoms with Gasteiger partial charge in [0.25, 0.3) is 0 Å². The van der Waals surface area contributed by atoms with Gasteiger partial charge in [0, 0.05) is 6.42 Å². The van der Waals surface area contributed by atoms with Gasteiger partial charge in [0.2, 0.25) is 0 Å². The van der Waals surface area contributed by atoms with E-state index in [9.17, 15) is 4.79 Å². The quantitative estimate of drug-likeness (QED) is 0.835. The minimum absolute atomic E-state index is 0.297. The van der Waals surface area contributed by atoms with Crippen LogP contribution < -0.4 is 5.32 Å². The number of hydrogen-bond donors (Lipinski definition) is 1. The fraction of sp³-hybridized carbons (Fsp3) is 0.562. The van der Waals surface area contributed by atoms with E-state index in [0.29, 0.717) is 18.7 Å².